The highest BCUT2D eigenvalue weighted by Gasteiger charge is 2.32. The lowest BCUT2D eigenvalue weighted by Gasteiger charge is -2.37. The van der Waals surface area contributed by atoms with Crippen LogP contribution < -0.4 is 15.2 Å². The van der Waals surface area contributed by atoms with Crippen molar-refractivity contribution in [1.29, 1.82) is 0 Å². The first kappa shape index (κ1) is 26.4. The van der Waals surface area contributed by atoms with Crippen LogP contribution in [0.25, 0.3) is 0 Å². The van der Waals surface area contributed by atoms with Gasteiger partial charge in [-0.1, -0.05) is 19.4 Å². The second kappa shape index (κ2) is 13.7. The van der Waals surface area contributed by atoms with Crippen molar-refractivity contribution >= 4 is 5.91 Å². The number of hydrogen-bond acceptors (Lipinski definition) is 6. The molecule has 3 N–H and O–H groups in total. The van der Waals surface area contributed by atoms with Crippen LogP contribution in [0.5, 0.6) is 11.5 Å². The molecular weight excluding hydrogens is 408 g/mol. The fraction of sp³-hybridized carbons (Fsp3) is 0.720. The second-order valence-electron chi connectivity index (χ2n) is 8.83. The third-order valence-electron chi connectivity index (χ3n) is 6.47. The molecule has 32 heavy (non-hydrogen) atoms. The molecule has 1 heterocycles. The zero-order valence-electron chi connectivity index (χ0n) is 20.2. The number of methoxy groups -OCH3 is 2. The fourth-order valence-electron chi connectivity index (χ4n) is 4.40. The van der Waals surface area contributed by atoms with Gasteiger partial charge in [0.15, 0.2) is 11.5 Å². The molecule has 0 spiro atoms. The molecule has 1 fully saturated rings. The molecule has 1 amide bonds. The number of aliphatic hydroxyl groups is 1. The molecule has 0 bridgehead atoms. The molecule has 1 saturated heterocycles. The minimum Gasteiger partial charge on any atom is -0.493 e. The molecule has 1 aliphatic rings. The molecule has 0 aliphatic carbocycles. The molecule has 1 aromatic rings. The number of amides is 1. The Kier molecular flexibility index (Phi) is 11.3. The van der Waals surface area contributed by atoms with E-state index in [-0.39, 0.29) is 18.0 Å². The molecule has 182 valence electrons. The normalized spacial score (nSPS) is 18.2. The van der Waals surface area contributed by atoms with Crippen molar-refractivity contribution in [3.05, 3.63) is 23.8 Å². The van der Waals surface area contributed by atoms with E-state index in [0.717, 1.165) is 43.4 Å². The predicted octanol–water partition coefficient (Wildman–Crippen LogP) is 3.16. The Morgan fingerprint density at radius 3 is 2.62 bits per heavy atom. The Balaban J connectivity index is 1.97. The molecule has 4 atom stereocenters. The zero-order valence-corrected chi connectivity index (χ0v) is 20.2. The molecule has 0 aromatic heterocycles. The lowest BCUT2D eigenvalue weighted by molar-refractivity contribution is -0.138. The third kappa shape index (κ3) is 7.64. The monoisotopic (exact) mass is 450 g/mol. The number of nitrogens with zero attached hydrogens (tertiary/aromatic N) is 1. The summed E-state index contributed by atoms with van der Waals surface area (Å²) in [6, 6.07) is 5.38. The number of nitrogens with two attached hydrogens (primary N) is 1. The highest BCUT2D eigenvalue weighted by atomic mass is 16.5. The van der Waals surface area contributed by atoms with Gasteiger partial charge in [-0.15, -0.1) is 0 Å². The average Bonchev–Trinajstić information content (AvgIpc) is 2.80. The number of hydrogen-bond donors (Lipinski definition) is 2. The minimum atomic E-state index is -0.735. The van der Waals surface area contributed by atoms with Crippen LogP contribution in [0.3, 0.4) is 0 Å². The third-order valence-corrected chi connectivity index (χ3v) is 6.47. The maximum Gasteiger partial charge on any atom is 0.222 e. The minimum absolute atomic E-state index is 0.123. The Morgan fingerprint density at radius 2 is 1.97 bits per heavy atom. The summed E-state index contributed by atoms with van der Waals surface area (Å²) in [6.07, 6.45) is 5.05. The maximum absolute atomic E-state index is 12.2. The van der Waals surface area contributed by atoms with E-state index in [4.69, 9.17) is 19.9 Å². The molecule has 0 saturated carbocycles. The van der Waals surface area contributed by atoms with Crippen LogP contribution >= 0.6 is 0 Å². The van der Waals surface area contributed by atoms with Crippen molar-refractivity contribution in [3.63, 3.8) is 0 Å². The second-order valence-corrected chi connectivity index (χ2v) is 8.83. The van der Waals surface area contributed by atoms with Gasteiger partial charge in [-0.3, -0.25) is 4.79 Å². The zero-order chi connectivity index (χ0) is 23.5. The van der Waals surface area contributed by atoms with E-state index in [1.807, 2.05) is 19.1 Å². The van der Waals surface area contributed by atoms with Gasteiger partial charge < -0.3 is 30.0 Å². The van der Waals surface area contributed by atoms with E-state index < -0.39 is 6.10 Å². The summed E-state index contributed by atoms with van der Waals surface area (Å²) < 4.78 is 16.4. The van der Waals surface area contributed by atoms with Gasteiger partial charge in [0.25, 0.3) is 0 Å². The molecule has 7 heteroatoms. The Bertz CT molecular complexity index is 699. The summed E-state index contributed by atoms with van der Waals surface area (Å²) in [7, 11) is 3.32. The number of ether oxygens (including phenoxy) is 3. The largest absolute Gasteiger partial charge is 0.493 e. The van der Waals surface area contributed by atoms with Gasteiger partial charge in [0, 0.05) is 39.1 Å². The van der Waals surface area contributed by atoms with E-state index in [1.165, 1.54) is 0 Å². The molecule has 1 aliphatic heterocycles. The Hall–Kier alpha value is -1.83. The van der Waals surface area contributed by atoms with Crippen LogP contribution in [0.15, 0.2) is 18.2 Å². The van der Waals surface area contributed by atoms with Crippen molar-refractivity contribution in [1.82, 2.24) is 4.90 Å². The Morgan fingerprint density at radius 1 is 1.19 bits per heavy atom. The topological polar surface area (TPSA) is 94.2 Å². The summed E-state index contributed by atoms with van der Waals surface area (Å²) in [5.41, 5.74) is 7.58. The first-order valence-corrected chi connectivity index (χ1v) is 11.9. The van der Waals surface area contributed by atoms with Crippen molar-refractivity contribution in [2.75, 3.05) is 34.0 Å². The first-order chi connectivity index (χ1) is 15.4. The van der Waals surface area contributed by atoms with Gasteiger partial charge in [-0.2, -0.15) is 0 Å². The summed E-state index contributed by atoms with van der Waals surface area (Å²) in [4.78, 5) is 14.0. The maximum atomic E-state index is 12.2. The summed E-state index contributed by atoms with van der Waals surface area (Å²) in [5.74, 6) is 1.89. The van der Waals surface area contributed by atoms with Crippen molar-refractivity contribution in [2.24, 2.45) is 11.7 Å². The lowest BCUT2D eigenvalue weighted by atomic mass is 9.87. The number of likely N-dealkylation sites (tertiary alicyclic amines) is 1. The predicted molar refractivity (Wildman–Crippen MR) is 126 cm³/mol. The van der Waals surface area contributed by atoms with Gasteiger partial charge in [-0.05, 0) is 56.2 Å². The number of carbonyl (C=O) groups is 1. The van der Waals surface area contributed by atoms with E-state index in [1.54, 1.807) is 19.1 Å². The van der Waals surface area contributed by atoms with Gasteiger partial charge in [0.2, 0.25) is 5.91 Å². The van der Waals surface area contributed by atoms with E-state index in [2.05, 4.69) is 13.0 Å². The highest BCUT2D eigenvalue weighted by Crippen LogP contribution is 2.30. The molecule has 7 nitrogen and oxygen atoms in total. The molecular formula is C25H42N2O5. The average molecular weight is 451 g/mol. The Labute approximate surface area is 193 Å². The van der Waals surface area contributed by atoms with Crippen molar-refractivity contribution < 1.29 is 24.1 Å². The van der Waals surface area contributed by atoms with Gasteiger partial charge in [0.1, 0.15) is 0 Å². The van der Waals surface area contributed by atoms with E-state index >= 15 is 0 Å². The first-order valence-electron chi connectivity index (χ1n) is 11.9. The fourth-order valence-corrected chi connectivity index (χ4v) is 4.40. The lowest BCUT2D eigenvalue weighted by Crippen LogP contribution is -2.53. The highest BCUT2D eigenvalue weighted by molar-refractivity contribution is 5.77. The van der Waals surface area contributed by atoms with Crippen molar-refractivity contribution in [3.8, 4) is 11.5 Å². The molecule has 1 aromatic carbocycles. The molecule has 0 radical (unpaired) electrons. The standard InChI is InChI=1S/C25H42N2O5/c1-5-19(16-21(26)25(29)18(2)27-12-7-6-9-24(27)28)15-20-10-11-22(31-4)23(17-20)32-14-8-13-30-3/h10-11,17-19,21,25,29H,5-9,12-16,26H2,1-4H3/t18?,19-,21-,25+/m0/s1. The van der Waals surface area contributed by atoms with Crippen LogP contribution in [0.2, 0.25) is 0 Å². The number of benzene rings is 1. The number of aliphatic hydroxyl groups excluding tert-OH is 1. The van der Waals surface area contributed by atoms with Crippen LogP contribution in [-0.2, 0) is 16.0 Å². The van der Waals surface area contributed by atoms with E-state index in [9.17, 15) is 9.90 Å². The summed E-state index contributed by atoms with van der Waals surface area (Å²) in [5, 5.41) is 10.9. The molecule has 1 unspecified atom stereocenters. The van der Waals surface area contributed by atoms with Gasteiger partial charge >= 0.3 is 0 Å². The SMILES string of the molecule is CC[C@@H](Cc1ccc(OC)c(OCCCOC)c1)C[C@H](N)[C@H](O)C(C)N1CCCCC1=O. The van der Waals surface area contributed by atoms with Crippen molar-refractivity contribution in [2.45, 2.75) is 77.0 Å². The molecule has 2 rings (SSSR count). The van der Waals surface area contributed by atoms with E-state index in [0.29, 0.717) is 44.3 Å². The summed E-state index contributed by atoms with van der Waals surface area (Å²) >= 11 is 0. The number of carbonyl (C=O) groups excluding carboxylic acids is 1. The van der Waals surface area contributed by atoms with Crippen LogP contribution in [0, 0.1) is 5.92 Å². The smallest absolute Gasteiger partial charge is 0.222 e. The van der Waals surface area contributed by atoms with Crippen LogP contribution in [0.4, 0.5) is 0 Å². The van der Waals surface area contributed by atoms with Crippen LogP contribution in [0.1, 0.15) is 57.9 Å². The number of rotatable bonds is 14. The van der Waals surface area contributed by atoms with Gasteiger partial charge in [0.05, 0.1) is 25.9 Å². The number of piperidine rings is 1. The van der Waals surface area contributed by atoms with Gasteiger partial charge in [-0.25, -0.2) is 0 Å². The van der Waals surface area contributed by atoms with Crippen LogP contribution in [-0.4, -0.2) is 68.1 Å². The quantitative estimate of drug-likeness (QED) is 0.423. The summed E-state index contributed by atoms with van der Waals surface area (Å²) in [6.45, 7) is 5.98.